The molecule has 3 aromatic rings. The van der Waals surface area contributed by atoms with Gasteiger partial charge in [-0.15, -0.1) is 0 Å². The van der Waals surface area contributed by atoms with Crippen LogP contribution in [-0.4, -0.2) is 27.1 Å². The number of aryl methyl sites for hydroxylation is 1. The summed E-state index contributed by atoms with van der Waals surface area (Å²) in [6.07, 6.45) is 1.43. The van der Waals surface area contributed by atoms with E-state index < -0.39 is 22.5 Å². The van der Waals surface area contributed by atoms with Gasteiger partial charge in [0.2, 0.25) is 0 Å². The highest BCUT2D eigenvalue weighted by molar-refractivity contribution is 9.10. The van der Waals surface area contributed by atoms with Crippen molar-refractivity contribution in [1.82, 2.24) is 5.43 Å². The molecule has 0 saturated heterocycles. The number of carbonyl (C=O) groups is 1. The molecular formula is C22H19BrClN3O3S. The maximum Gasteiger partial charge on any atom is 0.264 e. The third-order valence-electron chi connectivity index (χ3n) is 4.26. The fraction of sp³-hybridized carbons (Fsp3) is 0.0909. The summed E-state index contributed by atoms with van der Waals surface area (Å²) in [6.45, 7) is 1.43. The van der Waals surface area contributed by atoms with E-state index in [1.54, 1.807) is 60.7 Å². The second-order valence-corrected chi connectivity index (χ2v) is 9.86. The molecule has 0 bridgehead atoms. The van der Waals surface area contributed by atoms with E-state index in [4.69, 9.17) is 11.6 Å². The maximum absolute atomic E-state index is 13.3. The molecule has 0 aliphatic rings. The van der Waals surface area contributed by atoms with Crippen LogP contribution < -0.4 is 9.73 Å². The number of hydrogen-bond acceptors (Lipinski definition) is 4. The number of hydrogen-bond donors (Lipinski definition) is 1. The number of anilines is 1. The number of benzene rings is 3. The summed E-state index contributed by atoms with van der Waals surface area (Å²) in [7, 11) is -3.97. The Labute approximate surface area is 194 Å². The van der Waals surface area contributed by atoms with Gasteiger partial charge < -0.3 is 0 Å². The number of carbonyl (C=O) groups excluding carboxylic acids is 1. The predicted molar refractivity (Wildman–Crippen MR) is 127 cm³/mol. The molecule has 9 heteroatoms. The molecule has 1 N–H and O–H groups in total. The van der Waals surface area contributed by atoms with Gasteiger partial charge in [-0.1, -0.05) is 57.4 Å². The van der Waals surface area contributed by atoms with Gasteiger partial charge in [0.05, 0.1) is 16.8 Å². The van der Waals surface area contributed by atoms with E-state index in [1.807, 2.05) is 6.92 Å². The first kappa shape index (κ1) is 23.0. The lowest BCUT2D eigenvalue weighted by Gasteiger charge is -2.23. The van der Waals surface area contributed by atoms with E-state index in [-0.39, 0.29) is 4.90 Å². The number of hydrazone groups is 1. The molecule has 3 rings (SSSR count). The molecule has 0 atom stereocenters. The zero-order valence-corrected chi connectivity index (χ0v) is 19.7. The Hall–Kier alpha value is -2.68. The fourth-order valence-corrected chi connectivity index (χ4v) is 4.58. The third-order valence-corrected chi connectivity index (χ3v) is 6.81. The molecule has 0 aromatic heterocycles. The van der Waals surface area contributed by atoms with Crippen molar-refractivity contribution in [2.24, 2.45) is 5.10 Å². The monoisotopic (exact) mass is 519 g/mol. The minimum Gasteiger partial charge on any atom is -0.271 e. The van der Waals surface area contributed by atoms with Crippen LogP contribution >= 0.6 is 27.5 Å². The summed E-state index contributed by atoms with van der Waals surface area (Å²) in [4.78, 5) is 12.6. The lowest BCUT2D eigenvalue weighted by atomic mass is 10.2. The van der Waals surface area contributed by atoms with Crippen LogP contribution in [0.5, 0.6) is 0 Å². The summed E-state index contributed by atoms with van der Waals surface area (Å²) in [6, 6.07) is 20.1. The minimum atomic E-state index is -3.97. The Balaban J connectivity index is 1.83. The average Bonchev–Trinajstić information content (AvgIpc) is 2.73. The van der Waals surface area contributed by atoms with E-state index in [0.29, 0.717) is 16.3 Å². The van der Waals surface area contributed by atoms with Crippen molar-refractivity contribution < 1.29 is 13.2 Å². The van der Waals surface area contributed by atoms with Crippen molar-refractivity contribution >= 4 is 55.4 Å². The van der Waals surface area contributed by atoms with E-state index in [9.17, 15) is 13.2 Å². The Morgan fingerprint density at radius 2 is 1.77 bits per heavy atom. The van der Waals surface area contributed by atoms with Gasteiger partial charge in [-0.05, 0) is 61.0 Å². The fourth-order valence-electron chi connectivity index (χ4n) is 2.69. The Morgan fingerprint density at radius 3 is 2.42 bits per heavy atom. The van der Waals surface area contributed by atoms with Gasteiger partial charge in [0.1, 0.15) is 6.54 Å². The van der Waals surface area contributed by atoms with Crippen molar-refractivity contribution in [1.29, 1.82) is 0 Å². The molecule has 0 unspecified atom stereocenters. The Bertz CT molecular complexity index is 1200. The Kier molecular flexibility index (Phi) is 7.48. The summed E-state index contributed by atoms with van der Waals surface area (Å²) in [5, 5.41) is 4.44. The number of sulfonamides is 1. The SMILES string of the molecule is Cc1ccc(S(=O)(=O)N(CC(=O)N/N=C\c2cccc(Cl)c2)c2ccc(Br)cc2)cc1. The molecule has 0 spiro atoms. The van der Waals surface area contributed by atoms with Gasteiger partial charge in [0.15, 0.2) is 0 Å². The predicted octanol–water partition coefficient (Wildman–Crippen LogP) is 4.76. The highest BCUT2D eigenvalue weighted by Gasteiger charge is 2.27. The van der Waals surface area contributed by atoms with Gasteiger partial charge in [0, 0.05) is 9.50 Å². The first-order valence-electron chi connectivity index (χ1n) is 9.18. The van der Waals surface area contributed by atoms with Gasteiger partial charge >= 0.3 is 0 Å². The van der Waals surface area contributed by atoms with Crippen LogP contribution in [0.4, 0.5) is 5.69 Å². The van der Waals surface area contributed by atoms with Gasteiger partial charge in [-0.3, -0.25) is 9.10 Å². The van der Waals surface area contributed by atoms with Crippen LogP contribution in [0.25, 0.3) is 0 Å². The molecule has 0 radical (unpaired) electrons. The summed E-state index contributed by atoms with van der Waals surface area (Å²) < 4.78 is 28.4. The molecule has 0 aliphatic heterocycles. The standard InChI is InChI=1S/C22H19BrClN3O3S/c1-16-5-11-21(12-6-16)31(29,30)27(20-9-7-18(23)8-10-20)15-22(28)26-25-14-17-3-2-4-19(24)13-17/h2-14H,15H2,1H3,(H,26,28)/b25-14-. The largest absolute Gasteiger partial charge is 0.271 e. The number of amides is 1. The molecule has 0 heterocycles. The summed E-state index contributed by atoms with van der Waals surface area (Å²) >= 11 is 9.26. The molecule has 0 aliphatic carbocycles. The third kappa shape index (κ3) is 6.16. The zero-order chi connectivity index (χ0) is 22.4. The van der Waals surface area contributed by atoms with Crippen molar-refractivity contribution in [3.63, 3.8) is 0 Å². The number of nitrogens with zero attached hydrogens (tertiary/aromatic N) is 2. The smallest absolute Gasteiger partial charge is 0.264 e. The molecule has 0 fully saturated rings. The van der Waals surface area contributed by atoms with Crippen LogP contribution in [0.15, 0.2) is 87.3 Å². The van der Waals surface area contributed by atoms with Crippen LogP contribution in [-0.2, 0) is 14.8 Å². The first-order chi connectivity index (χ1) is 14.8. The van der Waals surface area contributed by atoms with Crippen LogP contribution in [0, 0.1) is 6.92 Å². The van der Waals surface area contributed by atoms with Crippen LogP contribution in [0.2, 0.25) is 5.02 Å². The van der Waals surface area contributed by atoms with Gasteiger partial charge in [0.25, 0.3) is 15.9 Å². The van der Waals surface area contributed by atoms with Crippen molar-refractivity contribution in [2.75, 3.05) is 10.8 Å². The second-order valence-electron chi connectivity index (χ2n) is 6.65. The molecule has 0 saturated carbocycles. The maximum atomic E-state index is 13.3. The summed E-state index contributed by atoms with van der Waals surface area (Å²) in [5.74, 6) is -0.586. The van der Waals surface area contributed by atoms with Gasteiger partial charge in [-0.2, -0.15) is 5.10 Å². The molecular weight excluding hydrogens is 502 g/mol. The normalized spacial score (nSPS) is 11.5. The average molecular weight is 521 g/mol. The number of nitrogens with one attached hydrogen (secondary N) is 1. The number of halogens is 2. The molecule has 3 aromatic carbocycles. The lowest BCUT2D eigenvalue weighted by Crippen LogP contribution is -2.39. The molecule has 160 valence electrons. The summed E-state index contributed by atoms with van der Waals surface area (Å²) in [5.41, 5.74) is 4.36. The van der Waals surface area contributed by atoms with Crippen molar-refractivity contribution in [3.8, 4) is 0 Å². The minimum absolute atomic E-state index is 0.0937. The lowest BCUT2D eigenvalue weighted by molar-refractivity contribution is -0.119. The molecule has 6 nitrogen and oxygen atoms in total. The first-order valence-corrected chi connectivity index (χ1v) is 11.8. The van der Waals surface area contributed by atoms with E-state index >= 15 is 0 Å². The molecule has 31 heavy (non-hydrogen) atoms. The molecule has 1 amide bonds. The highest BCUT2D eigenvalue weighted by Crippen LogP contribution is 2.25. The van der Waals surface area contributed by atoms with Crippen LogP contribution in [0.1, 0.15) is 11.1 Å². The second kappa shape index (κ2) is 10.1. The highest BCUT2D eigenvalue weighted by atomic mass is 79.9. The van der Waals surface area contributed by atoms with E-state index in [2.05, 4.69) is 26.5 Å². The Morgan fingerprint density at radius 1 is 1.10 bits per heavy atom. The number of rotatable bonds is 7. The van der Waals surface area contributed by atoms with E-state index in [0.717, 1.165) is 14.3 Å². The van der Waals surface area contributed by atoms with E-state index in [1.165, 1.54) is 18.3 Å². The van der Waals surface area contributed by atoms with Crippen molar-refractivity contribution in [3.05, 3.63) is 93.4 Å². The van der Waals surface area contributed by atoms with Gasteiger partial charge in [-0.25, -0.2) is 13.8 Å². The van der Waals surface area contributed by atoms with Crippen LogP contribution in [0.3, 0.4) is 0 Å². The quantitative estimate of drug-likeness (QED) is 0.360. The zero-order valence-electron chi connectivity index (χ0n) is 16.5. The topological polar surface area (TPSA) is 78.8 Å². The van der Waals surface area contributed by atoms with Crippen molar-refractivity contribution in [2.45, 2.75) is 11.8 Å².